The SMILES string of the molecule is CN[C@@]12C[C@@H]1CN(C(=O)Nc1ccc(CNC(=O)c3nn(C(C)C)c4c3CN(c3ccc(C(=O)N(C)C)cc3)C[C@@H]4C)cc1)C2. The third-order valence-corrected chi connectivity index (χ3v) is 9.54. The van der Waals surface area contributed by atoms with Crippen LogP contribution >= 0.6 is 0 Å². The molecule has 45 heavy (non-hydrogen) atoms. The van der Waals surface area contributed by atoms with E-state index in [-0.39, 0.29) is 35.3 Å². The number of carbonyl (C=O) groups is 3. The summed E-state index contributed by atoms with van der Waals surface area (Å²) in [5.74, 6) is 0.462. The van der Waals surface area contributed by atoms with Crippen LogP contribution in [-0.2, 0) is 13.1 Å². The lowest BCUT2D eigenvalue weighted by molar-refractivity contribution is 0.0827. The zero-order valence-corrected chi connectivity index (χ0v) is 27.1. The maximum absolute atomic E-state index is 13.6. The molecule has 3 aromatic rings. The highest BCUT2D eigenvalue weighted by molar-refractivity contribution is 5.95. The molecular weight excluding hydrogens is 568 g/mol. The normalized spacial score (nSPS) is 21.8. The first-order valence-electron chi connectivity index (χ1n) is 15.8. The second kappa shape index (κ2) is 11.8. The zero-order valence-electron chi connectivity index (χ0n) is 27.1. The number of hydrogen-bond acceptors (Lipinski definition) is 6. The number of likely N-dealkylation sites (tertiary alicyclic amines) is 1. The van der Waals surface area contributed by atoms with Gasteiger partial charge in [-0.25, -0.2) is 4.79 Å². The van der Waals surface area contributed by atoms with E-state index in [0.29, 0.717) is 30.3 Å². The maximum atomic E-state index is 13.6. The van der Waals surface area contributed by atoms with Crippen molar-refractivity contribution in [1.82, 2.24) is 30.2 Å². The van der Waals surface area contributed by atoms with Gasteiger partial charge in [0.05, 0.1) is 0 Å². The molecular formula is C34H44N8O3. The van der Waals surface area contributed by atoms with E-state index in [1.54, 1.807) is 19.0 Å². The molecule has 1 aromatic heterocycles. The highest BCUT2D eigenvalue weighted by atomic mass is 16.2. The summed E-state index contributed by atoms with van der Waals surface area (Å²) < 4.78 is 1.99. The van der Waals surface area contributed by atoms with Gasteiger partial charge in [0.15, 0.2) is 5.69 Å². The topological polar surface area (TPSA) is 115 Å². The van der Waals surface area contributed by atoms with E-state index in [9.17, 15) is 14.4 Å². The van der Waals surface area contributed by atoms with Crippen LogP contribution in [0.1, 0.15) is 76.8 Å². The van der Waals surface area contributed by atoms with E-state index in [1.165, 1.54) is 0 Å². The molecule has 2 aliphatic heterocycles. The Morgan fingerprint density at radius 3 is 2.38 bits per heavy atom. The lowest BCUT2D eigenvalue weighted by Gasteiger charge is -2.34. The Balaban J connectivity index is 1.11. The van der Waals surface area contributed by atoms with Crippen molar-refractivity contribution < 1.29 is 14.4 Å². The highest BCUT2D eigenvalue weighted by Gasteiger charge is 2.60. The van der Waals surface area contributed by atoms with Crippen LogP contribution in [0.2, 0.25) is 0 Å². The van der Waals surface area contributed by atoms with Gasteiger partial charge in [0.1, 0.15) is 0 Å². The van der Waals surface area contributed by atoms with Crippen LogP contribution in [0.25, 0.3) is 0 Å². The van der Waals surface area contributed by atoms with Gasteiger partial charge in [0, 0.05) is 92.5 Å². The lowest BCUT2D eigenvalue weighted by Crippen LogP contribution is -2.40. The fraction of sp³-hybridized carbons (Fsp3) is 0.471. The largest absolute Gasteiger partial charge is 0.366 e. The summed E-state index contributed by atoms with van der Waals surface area (Å²) in [6.07, 6.45) is 1.14. The summed E-state index contributed by atoms with van der Waals surface area (Å²) in [4.78, 5) is 44.4. The van der Waals surface area contributed by atoms with Crippen molar-refractivity contribution in [1.29, 1.82) is 0 Å². The van der Waals surface area contributed by atoms with Crippen molar-refractivity contribution in [2.45, 2.75) is 57.8 Å². The molecule has 6 rings (SSSR count). The Kier molecular flexibility index (Phi) is 8.07. The van der Waals surface area contributed by atoms with Gasteiger partial charge in [-0.15, -0.1) is 0 Å². The van der Waals surface area contributed by atoms with Gasteiger partial charge in [0.2, 0.25) is 0 Å². The van der Waals surface area contributed by atoms with E-state index < -0.39 is 0 Å². The number of piperidine rings is 1. The monoisotopic (exact) mass is 612 g/mol. The first-order valence-corrected chi connectivity index (χ1v) is 15.8. The van der Waals surface area contributed by atoms with Gasteiger partial charge in [-0.1, -0.05) is 19.1 Å². The number of anilines is 2. The van der Waals surface area contributed by atoms with Crippen LogP contribution in [-0.4, -0.2) is 83.7 Å². The number of benzene rings is 2. The van der Waals surface area contributed by atoms with Gasteiger partial charge in [-0.2, -0.15) is 5.10 Å². The summed E-state index contributed by atoms with van der Waals surface area (Å²) in [6.45, 7) is 9.54. The molecule has 3 N–H and O–H groups in total. The minimum atomic E-state index is -0.213. The van der Waals surface area contributed by atoms with Gasteiger partial charge in [-0.05, 0) is 75.2 Å². The van der Waals surface area contributed by atoms with Crippen molar-refractivity contribution in [2.24, 2.45) is 5.92 Å². The fourth-order valence-electron chi connectivity index (χ4n) is 6.88. The fourth-order valence-corrected chi connectivity index (χ4v) is 6.88. The minimum Gasteiger partial charge on any atom is -0.366 e. The van der Waals surface area contributed by atoms with E-state index >= 15 is 0 Å². The van der Waals surface area contributed by atoms with Crippen LogP contribution < -0.4 is 20.9 Å². The van der Waals surface area contributed by atoms with Crippen LogP contribution in [0.15, 0.2) is 48.5 Å². The maximum Gasteiger partial charge on any atom is 0.321 e. The predicted molar refractivity (Wildman–Crippen MR) is 175 cm³/mol. The van der Waals surface area contributed by atoms with Crippen molar-refractivity contribution in [3.8, 4) is 0 Å². The summed E-state index contributed by atoms with van der Waals surface area (Å²) in [5, 5.41) is 14.3. The first kappa shape index (κ1) is 30.6. The minimum absolute atomic E-state index is 0.0339. The Labute approximate surface area is 264 Å². The number of fused-ring (bicyclic) bond motifs is 2. The van der Waals surface area contributed by atoms with Crippen LogP contribution in [0.5, 0.6) is 0 Å². The molecule has 0 bridgehead atoms. The number of hydrogen-bond donors (Lipinski definition) is 3. The van der Waals surface area contributed by atoms with Crippen LogP contribution in [0.3, 0.4) is 0 Å². The molecule has 2 aromatic carbocycles. The third kappa shape index (κ3) is 5.88. The number of nitrogens with one attached hydrogen (secondary N) is 3. The Hall–Kier alpha value is -4.38. The molecule has 3 aliphatic rings. The molecule has 2 fully saturated rings. The van der Waals surface area contributed by atoms with Crippen molar-refractivity contribution in [3.63, 3.8) is 0 Å². The van der Waals surface area contributed by atoms with Gasteiger partial charge >= 0.3 is 6.03 Å². The van der Waals surface area contributed by atoms with Crippen molar-refractivity contribution in [3.05, 3.63) is 76.6 Å². The lowest BCUT2D eigenvalue weighted by atomic mass is 9.95. The van der Waals surface area contributed by atoms with Crippen molar-refractivity contribution >= 4 is 29.2 Å². The first-order chi connectivity index (χ1) is 21.5. The molecule has 1 aliphatic carbocycles. The predicted octanol–water partition coefficient (Wildman–Crippen LogP) is 4.05. The number of amides is 4. The Morgan fingerprint density at radius 2 is 1.76 bits per heavy atom. The molecule has 1 saturated heterocycles. The number of rotatable bonds is 8. The molecule has 0 radical (unpaired) electrons. The standard InChI is InChI=1S/C34H44N8O3/c1-21(2)42-30-22(3)17-40(27-13-9-24(10-14-27)32(44)39(5)6)19-28(30)29(38-42)31(43)36-16-23-7-11-26(12-8-23)37-33(45)41-18-25-15-34(25,20-41)35-4/h7-14,21-22,25,35H,15-20H2,1-6H3,(H,36,43)(H,37,45)/t22-,25+,34+/m0/s1. The molecule has 4 amide bonds. The molecule has 11 nitrogen and oxygen atoms in total. The molecule has 0 unspecified atom stereocenters. The average Bonchev–Trinajstić information content (AvgIpc) is 3.37. The molecule has 0 spiro atoms. The molecule has 11 heteroatoms. The molecule has 1 saturated carbocycles. The molecule has 3 atom stereocenters. The van der Waals surface area contributed by atoms with E-state index in [1.807, 2.05) is 65.2 Å². The van der Waals surface area contributed by atoms with Crippen molar-refractivity contribution in [2.75, 3.05) is 51.0 Å². The summed E-state index contributed by atoms with van der Waals surface area (Å²) >= 11 is 0. The van der Waals surface area contributed by atoms with Gasteiger partial charge in [-0.3, -0.25) is 14.3 Å². The smallest absolute Gasteiger partial charge is 0.321 e. The van der Waals surface area contributed by atoms with Gasteiger partial charge in [0.25, 0.3) is 11.8 Å². The summed E-state index contributed by atoms with van der Waals surface area (Å²) in [5.41, 5.74) is 5.89. The zero-order chi connectivity index (χ0) is 32.0. The van der Waals surface area contributed by atoms with Crippen LogP contribution in [0, 0.1) is 5.92 Å². The van der Waals surface area contributed by atoms with E-state index in [2.05, 4.69) is 41.6 Å². The summed E-state index contributed by atoms with van der Waals surface area (Å²) in [6, 6.07) is 15.3. The molecule has 3 heterocycles. The number of carbonyl (C=O) groups excluding carboxylic acids is 3. The second-order valence-electron chi connectivity index (χ2n) is 13.3. The number of likely N-dealkylation sites (N-methyl/N-ethyl adjacent to an activating group) is 1. The quantitative estimate of drug-likeness (QED) is 0.354. The summed E-state index contributed by atoms with van der Waals surface area (Å²) in [7, 11) is 5.46. The van der Waals surface area contributed by atoms with Gasteiger partial charge < -0.3 is 30.7 Å². The van der Waals surface area contributed by atoms with Crippen LogP contribution in [0.4, 0.5) is 16.2 Å². The van der Waals surface area contributed by atoms with E-state index in [0.717, 1.165) is 54.3 Å². The third-order valence-electron chi connectivity index (χ3n) is 9.54. The van der Waals surface area contributed by atoms with E-state index in [4.69, 9.17) is 5.10 Å². The Bertz CT molecular complexity index is 1590. The highest BCUT2D eigenvalue weighted by Crippen LogP contribution is 2.49. The second-order valence-corrected chi connectivity index (χ2v) is 13.3. The Morgan fingerprint density at radius 1 is 1.04 bits per heavy atom. The number of urea groups is 1. The average molecular weight is 613 g/mol. The number of nitrogens with zero attached hydrogens (tertiary/aromatic N) is 5. The number of aromatic nitrogens is 2. The molecule has 238 valence electrons.